The van der Waals surface area contributed by atoms with Gasteiger partial charge in [0.25, 0.3) is 0 Å². The Hall–Kier alpha value is -3.59. The molecule has 2 amide bonds. The van der Waals surface area contributed by atoms with Gasteiger partial charge >= 0.3 is 6.09 Å². The van der Waals surface area contributed by atoms with E-state index in [-0.39, 0.29) is 12.5 Å². The Morgan fingerprint density at radius 1 is 1.03 bits per heavy atom. The first-order valence-corrected chi connectivity index (χ1v) is 12.4. The third-order valence-electron chi connectivity index (χ3n) is 6.51. The zero-order valence-corrected chi connectivity index (χ0v) is 21.1. The first-order valence-electron chi connectivity index (χ1n) is 12.4. The van der Waals surface area contributed by atoms with Crippen molar-refractivity contribution in [3.8, 4) is 11.4 Å². The molecular weight excluding hydrogens is 458 g/mol. The Morgan fingerprint density at radius 2 is 1.81 bits per heavy atom. The predicted molar refractivity (Wildman–Crippen MR) is 138 cm³/mol. The molecule has 0 spiro atoms. The van der Waals surface area contributed by atoms with Crippen LogP contribution in [-0.4, -0.2) is 89.3 Å². The summed E-state index contributed by atoms with van der Waals surface area (Å²) in [6.45, 7) is 8.97. The Labute approximate surface area is 211 Å². The number of aromatic nitrogens is 2. The van der Waals surface area contributed by atoms with E-state index in [1.165, 1.54) is 4.90 Å². The third-order valence-corrected chi connectivity index (χ3v) is 6.51. The molecule has 2 fully saturated rings. The molecule has 0 bridgehead atoms. The number of nitrogens with zero attached hydrogens (tertiary/aromatic N) is 4. The molecule has 9 nitrogen and oxygen atoms in total. The smallest absolute Gasteiger partial charge is 0.411 e. The van der Waals surface area contributed by atoms with E-state index in [4.69, 9.17) is 14.5 Å². The highest BCUT2D eigenvalue weighted by Crippen LogP contribution is 2.26. The molecule has 5 rings (SSSR count). The van der Waals surface area contributed by atoms with E-state index in [1.54, 1.807) is 0 Å². The molecule has 2 aliphatic rings. The molecular formula is C27H33N5O4. The van der Waals surface area contributed by atoms with Gasteiger partial charge < -0.3 is 24.3 Å². The number of H-pyrrole nitrogens is 1. The number of carbonyl (C=O) groups is 2. The van der Waals surface area contributed by atoms with Gasteiger partial charge in [0.2, 0.25) is 5.91 Å². The summed E-state index contributed by atoms with van der Waals surface area (Å²) in [5, 5.41) is 0. The van der Waals surface area contributed by atoms with Crippen LogP contribution < -0.4 is 4.90 Å². The van der Waals surface area contributed by atoms with Crippen molar-refractivity contribution in [3.05, 3.63) is 48.5 Å². The van der Waals surface area contributed by atoms with Gasteiger partial charge in [-0.25, -0.2) is 9.78 Å². The van der Waals surface area contributed by atoms with Gasteiger partial charge in [0.1, 0.15) is 17.5 Å². The van der Waals surface area contributed by atoms with E-state index in [9.17, 15) is 9.59 Å². The lowest BCUT2D eigenvalue weighted by Gasteiger charge is -2.41. The van der Waals surface area contributed by atoms with Crippen LogP contribution >= 0.6 is 0 Å². The molecule has 9 heteroatoms. The molecule has 3 aromatic rings. The molecule has 2 aliphatic heterocycles. The number of anilines is 1. The van der Waals surface area contributed by atoms with Gasteiger partial charge in [-0.15, -0.1) is 0 Å². The Morgan fingerprint density at radius 3 is 2.56 bits per heavy atom. The monoisotopic (exact) mass is 491 g/mol. The number of ether oxygens (including phenoxy) is 2. The molecule has 1 N–H and O–H groups in total. The molecule has 1 aromatic heterocycles. The number of fused-ring (bicyclic) bond motifs is 1. The van der Waals surface area contributed by atoms with Crippen LogP contribution in [0.1, 0.15) is 20.8 Å². The quantitative estimate of drug-likeness (QED) is 0.603. The largest absolute Gasteiger partial charge is 0.444 e. The van der Waals surface area contributed by atoms with Crippen LogP contribution in [-0.2, 0) is 14.3 Å². The van der Waals surface area contributed by atoms with Gasteiger partial charge in [-0.1, -0.05) is 24.3 Å². The number of rotatable bonds is 3. The molecule has 3 heterocycles. The lowest BCUT2D eigenvalue weighted by Crippen LogP contribution is -2.60. The van der Waals surface area contributed by atoms with Gasteiger partial charge in [-0.3, -0.25) is 9.69 Å². The number of hydrogen-bond acceptors (Lipinski definition) is 6. The molecule has 190 valence electrons. The van der Waals surface area contributed by atoms with Crippen molar-refractivity contribution >= 4 is 28.7 Å². The fourth-order valence-corrected chi connectivity index (χ4v) is 4.68. The first-order chi connectivity index (χ1) is 17.3. The number of hydrogen-bond donors (Lipinski definition) is 1. The lowest BCUT2D eigenvalue weighted by atomic mass is 10.1. The van der Waals surface area contributed by atoms with E-state index in [0.29, 0.717) is 39.3 Å². The SMILES string of the molecule is CC(C)(C)OC(=O)N1CCOCC1C(=O)N1CCN(c2cccc(-c3nc4ccccc4[nH]3)c2)CC1. The summed E-state index contributed by atoms with van der Waals surface area (Å²) >= 11 is 0. The summed E-state index contributed by atoms with van der Waals surface area (Å²) in [5.41, 5.74) is 3.45. The Kier molecular flexibility index (Phi) is 6.57. The fraction of sp³-hybridized carbons (Fsp3) is 0.444. The maximum atomic E-state index is 13.4. The predicted octanol–water partition coefficient (Wildman–Crippen LogP) is 3.51. The number of aromatic amines is 1. The highest BCUT2D eigenvalue weighted by Gasteiger charge is 2.38. The average Bonchev–Trinajstić information content (AvgIpc) is 3.32. The van der Waals surface area contributed by atoms with Crippen molar-refractivity contribution in [1.82, 2.24) is 19.8 Å². The molecule has 2 aromatic carbocycles. The number of amides is 2. The number of imidazole rings is 1. The first kappa shape index (κ1) is 24.1. The van der Waals surface area contributed by atoms with Crippen LogP contribution in [0.4, 0.5) is 10.5 Å². The normalized spacial score (nSPS) is 19.0. The highest BCUT2D eigenvalue weighted by molar-refractivity contribution is 5.86. The van der Waals surface area contributed by atoms with E-state index in [1.807, 2.05) is 56.0 Å². The molecule has 0 saturated carbocycles. The zero-order chi connectivity index (χ0) is 25.3. The summed E-state index contributed by atoms with van der Waals surface area (Å²) in [6, 6.07) is 15.6. The van der Waals surface area contributed by atoms with Gasteiger partial charge in [-0.2, -0.15) is 0 Å². The minimum Gasteiger partial charge on any atom is -0.444 e. The van der Waals surface area contributed by atoms with E-state index in [0.717, 1.165) is 28.1 Å². The maximum Gasteiger partial charge on any atom is 0.411 e. The lowest BCUT2D eigenvalue weighted by molar-refractivity contribution is -0.143. The number of morpholine rings is 1. The van der Waals surface area contributed by atoms with Crippen molar-refractivity contribution in [2.75, 3.05) is 50.8 Å². The summed E-state index contributed by atoms with van der Waals surface area (Å²) in [6.07, 6.45) is -0.467. The Bertz CT molecular complexity index is 1210. The summed E-state index contributed by atoms with van der Waals surface area (Å²) in [7, 11) is 0. The molecule has 2 saturated heterocycles. The number of piperazine rings is 1. The van der Waals surface area contributed by atoms with Crippen LogP contribution in [0.15, 0.2) is 48.5 Å². The molecule has 0 radical (unpaired) electrons. The second kappa shape index (κ2) is 9.81. The summed E-state index contributed by atoms with van der Waals surface area (Å²) < 4.78 is 11.1. The van der Waals surface area contributed by atoms with E-state index in [2.05, 4.69) is 28.1 Å². The number of benzene rings is 2. The van der Waals surface area contributed by atoms with Crippen LogP contribution in [0.3, 0.4) is 0 Å². The molecule has 1 atom stereocenters. The van der Waals surface area contributed by atoms with Crippen molar-refractivity contribution in [2.45, 2.75) is 32.4 Å². The fourth-order valence-electron chi connectivity index (χ4n) is 4.68. The third kappa shape index (κ3) is 5.16. The Balaban J connectivity index is 1.24. The number of nitrogens with one attached hydrogen (secondary N) is 1. The molecule has 1 unspecified atom stereocenters. The summed E-state index contributed by atoms with van der Waals surface area (Å²) in [5.74, 6) is 0.752. The highest BCUT2D eigenvalue weighted by atomic mass is 16.6. The zero-order valence-electron chi connectivity index (χ0n) is 21.1. The van der Waals surface area contributed by atoms with Gasteiger partial charge in [0, 0.05) is 44.0 Å². The second-order valence-corrected chi connectivity index (χ2v) is 10.2. The van der Waals surface area contributed by atoms with Crippen molar-refractivity contribution in [3.63, 3.8) is 0 Å². The second-order valence-electron chi connectivity index (χ2n) is 10.2. The topological polar surface area (TPSA) is 91.0 Å². The number of para-hydroxylation sites is 2. The average molecular weight is 492 g/mol. The van der Waals surface area contributed by atoms with Crippen LogP contribution in [0.25, 0.3) is 22.4 Å². The molecule has 36 heavy (non-hydrogen) atoms. The number of carbonyl (C=O) groups excluding carboxylic acids is 2. The van der Waals surface area contributed by atoms with Crippen LogP contribution in [0.2, 0.25) is 0 Å². The van der Waals surface area contributed by atoms with Crippen LogP contribution in [0.5, 0.6) is 0 Å². The van der Waals surface area contributed by atoms with Gasteiger partial charge in [0.05, 0.1) is 24.2 Å². The summed E-state index contributed by atoms with van der Waals surface area (Å²) in [4.78, 5) is 39.8. The van der Waals surface area contributed by atoms with Crippen molar-refractivity contribution < 1.29 is 19.1 Å². The van der Waals surface area contributed by atoms with Gasteiger partial charge in [0.15, 0.2) is 0 Å². The van der Waals surface area contributed by atoms with E-state index >= 15 is 0 Å². The van der Waals surface area contributed by atoms with Gasteiger partial charge in [-0.05, 0) is 45.0 Å². The van der Waals surface area contributed by atoms with Crippen LogP contribution in [0, 0.1) is 0 Å². The van der Waals surface area contributed by atoms with Crippen molar-refractivity contribution in [2.24, 2.45) is 0 Å². The minimum atomic E-state index is -0.656. The maximum absolute atomic E-state index is 13.4. The molecule has 0 aliphatic carbocycles. The standard InChI is InChI=1S/C27H33N5O4/c1-27(2,3)36-26(34)32-15-16-35-18-23(32)25(33)31-13-11-30(12-14-31)20-8-6-7-19(17-20)24-28-21-9-4-5-10-22(21)29-24/h4-10,17,23H,11-16,18H2,1-3H3,(H,28,29). The van der Waals surface area contributed by atoms with Crippen molar-refractivity contribution in [1.29, 1.82) is 0 Å². The van der Waals surface area contributed by atoms with E-state index < -0.39 is 17.7 Å². The minimum absolute atomic E-state index is 0.0868.